The summed E-state index contributed by atoms with van der Waals surface area (Å²) < 4.78 is 0. The average Bonchev–Trinajstić information content (AvgIpc) is 2.89. The molecule has 184 valence electrons. The van der Waals surface area contributed by atoms with E-state index < -0.39 is 0 Å². The molecule has 3 unspecified atom stereocenters. The smallest absolute Gasteiger partial charge is 0.147 e. The molecule has 0 spiro atoms. The van der Waals surface area contributed by atoms with Crippen LogP contribution >= 0.6 is 0 Å². The van der Waals surface area contributed by atoms with Crippen molar-refractivity contribution in [1.29, 1.82) is 0 Å². The molecule has 2 heterocycles. The zero-order valence-electron chi connectivity index (χ0n) is 20.5. The fraction of sp³-hybridized carbons (Fsp3) is 0.556. The summed E-state index contributed by atoms with van der Waals surface area (Å²) in [4.78, 5) is 5.20. The van der Waals surface area contributed by atoms with Gasteiger partial charge in [0, 0.05) is 37.9 Å². The second-order valence-corrected chi connectivity index (χ2v) is 10.2. The molecule has 2 aromatic carbocycles. The molecule has 6 N–H and O–H groups in total. The summed E-state index contributed by atoms with van der Waals surface area (Å²) in [5, 5.41) is 11.1. The Bertz CT molecular complexity index is 929. The number of rotatable bonds is 7. The zero-order valence-corrected chi connectivity index (χ0v) is 20.5. The monoisotopic (exact) mass is 463 g/mol. The number of hydrogen-bond donors (Lipinski definition) is 5. The van der Waals surface area contributed by atoms with Gasteiger partial charge in [0.15, 0.2) is 0 Å². The number of hydrazine groups is 1. The van der Waals surface area contributed by atoms with Crippen LogP contribution in [0, 0.1) is 12.8 Å². The third-order valence-electron chi connectivity index (χ3n) is 7.99. The van der Waals surface area contributed by atoms with E-state index in [2.05, 4.69) is 86.6 Å². The number of anilines is 3. The molecule has 2 aromatic rings. The lowest BCUT2D eigenvalue weighted by molar-refractivity contribution is 0.0118. The number of nitrogens with one attached hydrogen (secondary N) is 4. The number of nitrogens with two attached hydrogens (primary N) is 1. The van der Waals surface area contributed by atoms with E-state index in [1.165, 1.54) is 55.5 Å². The number of fused-ring (bicyclic) bond motifs is 1. The first-order valence-corrected chi connectivity index (χ1v) is 13.1. The van der Waals surface area contributed by atoms with Gasteiger partial charge in [-0.15, -0.1) is 0 Å². The van der Waals surface area contributed by atoms with Crippen LogP contribution in [0.5, 0.6) is 0 Å². The molecular weight excluding hydrogens is 422 g/mol. The summed E-state index contributed by atoms with van der Waals surface area (Å²) in [6.07, 6.45) is 8.35. The topological polar surface area (TPSA) is 80.6 Å². The highest BCUT2D eigenvalue weighted by Gasteiger charge is 2.36. The van der Waals surface area contributed by atoms with Crippen molar-refractivity contribution in [3.63, 3.8) is 0 Å². The molecule has 0 aromatic heterocycles. The van der Waals surface area contributed by atoms with E-state index in [0.29, 0.717) is 12.2 Å². The Labute approximate surface area is 204 Å². The van der Waals surface area contributed by atoms with Gasteiger partial charge in [0.1, 0.15) is 6.29 Å². The summed E-state index contributed by atoms with van der Waals surface area (Å²) in [6.45, 7) is 6.10. The largest absolute Gasteiger partial charge is 0.380 e. The van der Waals surface area contributed by atoms with Crippen LogP contribution in [0.2, 0.25) is 0 Å². The average molecular weight is 464 g/mol. The van der Waals surface area contributed by atoms with Crippen LogP contribution in [0.15, 0.2) is 48.5 Å². The molecular formula is C27H41N7. The molecule has 0 amide bonds. The Morgan fingerprint density at radius 1 is 1.00 bits per heavy atom. The molecule has 0 bridgehead atoms. The number of para-hydroxylation sites is 3. The minimum Gasteiger partial charge on any atom is -0.380 e. The number of piperazine rings is 1. The van der Waals surface area contributed by atoms with Crippen LogP contribution in [0.1, 0.15) is 44.1 Å². The van der Waals surface area contributed by atoms with Crippen LogP contribution in [-0.4, -0.2) is 54.5 Å². The van der Waals surface area contributed by atoms with Gasteiger partial charge in [-0.25, -0.2) is 5.43 Å². The summed E-state index contributed by atoms with van der Waals surface area (Å²) in [7, 11) is 0. The fourth-order valence-corrected chi connectivity index (χ4v) is 6.06. The van der Waals surface area contributed by atoms with E-state index in [9.17, 15) is 0 Å². The predicted molar refractivity (Wildman–Crippen MR) is 142 cm³/mol. The summed E-state index contributed by atoms with van der Waals surface area (Å²) in [6, 6.07) is 17.4. The van der Waals surface area contributed by atoms with Crippen molar-refractivity contribution in [3.8, 4) is 0 Å². The van der Waals surface area contributed by atoms with Crippen LogP contribution in [0.4, 0.5) is 17.1 Å². The van der Waals surface area contributed by atoms with Crippen molar-refractivity contribution in [3.05, 3.63) is 54.1 Å². The summed E-state index contributed by atoms with van der Waals surface area (Å²) in [5.74, 6) is 6.95. The summed E-state index contributed by atoms with van der Waals surface area (Å²) >= 11 is 0. The maximum absolute atomic E-state index is 6.14. The number of benzene rings is 2. The lowest BCUT2D eigenvalue weighted by Gasteiger charge is -2.49. The molecule has 1 saturated heterocycles. The van der Waals surface area contributed by atoms with Gasteiger partial charge in [0.25, 0.3) is 0 Å². The molecule has 1 saturated carbocycles. The first-order valence-electron chi connectivity index (χ1n) is 13.1. The minimum atomic E-state index is -0.0880. The third-order valence-corrected chi connectivity index (χ3v) is 7.99. The molecule has 0 radical (unpaired) electrons. The van der Waals surface area contributed by atoms with Crippen molar-refractivity contribution in [2.24, 2.45) is 11.8 Å². The van der Waals surface area contributed by atoms with Gasteiger partial charge in [-0.2, -0.15) is 0 Å². The van der Waals surface area contributed by atoms with Crippen molar-refractivity contribution in [2.75, 3.05) is 42.1 Å². The Balaban J connectivity index is 1.31. The highest BCUT2D eigenvalue weighted by Crippen LogP contribution is 2.32. The molecule has 7 nitrogen and oxygen atoms in total. The highest BCUT2D eigenvalue weighted by molar-refractivity contribution is 5.70. The Kier molecular flexibility index (Phi) is 7.54. The normalized spacial score (nSPS) is 25.1. The van der Waals surface area contributed by atoms with Gasteiger partial charge in [-0.1, -0.05) is 62.4 Å². The van der Waals surface area contributed by atoms with Crippen molar-refractivity contribution in [2.45, 2.75) is 63.9 Å². The van der Waals surface area contributed by atoms with E-state index in [0.717, 1.165) is 37.8 Å². The number of aryl methyl sites for hydroxylation is 1. The van der Waals surface area contributed by atoms with Gasteiger partial charge in [-0.05, 0) is 43.0 Å². The second kappa shape index (κ2) is 11.0. The van der Waals surface area contributed by atoms with Crippen LogP contribution in [-0.2, 0) is 0 Å². The third kappa shape index (κ3) is 5.33. The van der Waals surface area contributed by atoms with Crippen LogP contribution in [0.3, 0.4) is 0 Å². The van der Waals surface area contributed by atoms with E-state index in [4.69, 9.17) is 5.84 Å². The molecule has 2 fully saturated rings. The molecule has 3 aliphatic rings. The zero-order chi connectivity index (χ0) is 23.3. The molecule has 34 heavy (non-hydrogen) atoms. The highest BCUT2D eigenvalue weighted by atomic mass is 15.5. The molecule has 1 aliphatic carbocycles. The van der Waals surface area contributed by atoms with E-state index in [1.807, 2.05) is 0 Å². The summed E-state index contributed by atoms with van der Waals surface area (Å²) in [5.41, 5.74) is 7.87. The Morgan fingerprint density at radius 2 is 1.76 bits per heavy atom. The lowest BCUT2D eigenvalue weighted by atomic mass is 9.84. The fourth-order valence-electron chi connectivity index (χ4n) is 6.06. The second-order valence-electron chi connectivity index (χ2n) is 10.2. The van der Waals surface area contributed by atoms with Gasteiger partial charge in [-0.3, -0.25) is 15.6 Å². The SMILES string of the molecule is Cc1ccccc1NC(NN)N1CCN(C2CNc3ccccc3N2)CC1CC1CCCCC1. The number of hydrogen-bond acceptors (Lipinski definition) is 7. The van der Waals surface area contributed by atoms with Gasteiger partial charge < -0.3 is 16.0 Å². The molecule has 5 rings (SSSR count). The Morgan fingerprint density at radius 3 is 2.56 bits per heavy atom. The van der Waals surface area contributed by atoms with Crippen LogP contribution in [0.25, 0.3) is 0 Å². The predicted octanol–water partition coefficient (Wildman–Crippen LogP) is 3.97. The van der Waals surface area contributed by atoms with E-state index in [-0.39, 0.29) is 6.29 Å². The van der Waals surface area contributed by atoms with Crippen molar-refractivity contribution < 1.29 is 0 Å². The first kappa shape index (κ1) is 23.4. The van der Waals surface area contributed by atoms with Gasteiger partial charge in [0.2, 0.25) is 0 Å². The molecule has 3 atom stereocenters. The maximum atomic E-state index is 6.14. The van der Waals surface area contributed by atoms with Crippen molar-refractivity contribution >= 4 is 17.1 Å². The van der Waals surface area contributed by atoms with E-state index in [1.54, 1.807) is 0 Å². The van der Waals surface area contributed by atoms with Gasteiger partial charge >= 0.3 is 0 Å². The molecule has 2 aliphatic heterocycles. The minimum absolute atomic E-state index is 0.0880. The quantitative estimate of drug-likeness (QED) is 0.241. The van der Waals surface area contributed by atoms with Crippen LogP contribution < -0.4 is 27.2 Å². The maximum Gasteiger partial charge on any atom is 0.147 e. The standard InChI is InChI=1S/C27H41N7/c1-20-9-5-6-12-23(20)31-27(32-28)34-16-15-33(19-22(34)17-21-10-3-2-4-11-21)26-18-29-24-13-7-8-14-25(24)30-26/h5-9,12-14,21-22,26-27,29-32H,2-4,10-11,15-19,28H2,1H3. The van der Waals surface area contributed by atoms with Gasteiger partial charge in [0.05, 0.1) is 17.5 Å². The Hall–Kier alpha value is -2.32. The first-order chi connectivity index (χ1) is 16.7. The van der Waals surface area contributed by atoms with E-state index >= 15 is 0 Å². The lowest BCUT2D eigenvalue weighted by Crippen LogP contribution is -2.66. The number of nitrogens with zero attached hydrogens (tertiary/aromatic N) is 2. The van der Waals surface area contributed by atoms with Crippen molar-refractivity contribution in [1.82, 2.24) is 15.2 Å². The molecule has 7 heteroatoms.